The summed E-state index contributed by atoms with van der Waals surface area (Å²) in [6, 6.07) is 3.22. The minimum atomic E-state index is -0.339. The summed E-state index contributed by atoms with van der Waals surface area (Å²) in [5.41, 5.74) is 0. The summed E-state index contributed by atoms with van der Waals surface area (Å²) in [4.78, 5) is 25.8. The van der Waals surface area contributed by atoms with Crippen molar-refractivity contribution in [3.8, 4) is 0 Å². The first-order chi connectivity index (χ1) is 9.22. The first-order valence-electron chi connectivity index (χ1n) is 6.61. The first-order valence-corrected chi connectivity index (χ1v) is 7.49. The van der Waals surface area contributed by atoms with Crippen LogP contribution in [-0.2, 0) is 4.79 Å². The lowest BCUT2D eigenvalue weighted by Crippen LogP contribution is -2.58. The molecule has 1 aromatic rings. The van der Waals surface area contributed by atoms with Gasteiger partial charge in [-0.1, -0.05) is 19.8 Å². The number of carbonyl (C=O) groups excluding carboxylic acids is 2. The molecule has 1 aliphatic rings. The molecule has 1 fully saturated rings. The lowest BCUT2D eigenvalue weighted by molar-refractivity contribution is -0.127. The highest BCUT2D eigenvalue weighted by atomic mass is 32.1. The smallest absolute Gasteiger partial charge is 0.323 e. The molecule has 0 bridgehead atoms. The van der Waals surface area contributed by atoms with Gasteiger partial charge in [0, 0.05) is 13.1 Å². The molecule has 0 spiro atoms. The maximum absolute atomic E-state index is 12.2. The maximum Gasteiger partial charge on any atom is 0.323 e. The molecule has 0 saturated carbocycles. The van der Waals surface area contributed by atoms with Gasteiger partial charge in [-0.25, -0.2) is 4.79 Å². The van der Waals surface area contributed by atoms with Crippen LogP contribution in [0, 0.1) is 0 Å². The zero-order valence-corrected chi connectivity index (χ0v) is 11.8. The van der Waals surface area contributed by atoms with Gasteiger partial charge in [-0.2, -0.15) is 0 Å². The molecule has 1 atom stereocenters. The van der Waals surface area contributed by atoms with E-state index in [0.29, 0.717) is 13.1 Å². The molecule has 104 valence electrons. The Morgan fingerprint density at radius 1 is 1.63 bits per heavy atom. The highest BCUT2D eigenvalue weighted by molar-refractivity contribution is 7.14. The number of nitrogens with one attached hydrogen (secondary N) is 2. The maximum atomic E-state index is 12.2. The Labute approximate surface area is 117 Å². The van der Waals surface area contributed by atoms with Crippen molar-refractivity contribution in [2.45, 2.75) is 32.2 Å². The number of nitrogens with zero attached hydrogens (tertiary/aromatic N) is 1. The molecular weight excluding hydrogens is 262 g/mol. The Hall–Kier alpha value is -1.56. The van der Waals surface area contributed by atoms with Gasteiger partial charge in [-0.15, -0.1) is 11.3 Å². The zero-order valence-electron chi connectivity index (χ0n) is 11.0. The number of urea groups is 1. The Bertz CT molecular complexity index is 433. The summed E-state index contributed by atoms with van der Waals surface area (Å²) in [6.07, 6.45) is 2.69. The molecule has 1 aliphatic heterocycles. The number of hydrogen-bond acceptors (Lipinski definition) is 3. The molecule has 3 amide bonds. The van der Waals surface area contributed by atoms with Gasteiger partial charge < -0.3 is 10.2 Å². The van der Waals surface area contributed by atoms with E-state index in [-0.39, 0.29) is 18.0 Å². The molecule has 0 aromatic carbocycles. The van der Waals surface area contributed by atoms with E-state index in [2.05, 4.69) is 17.6 Å². The molecule has 6 heteroatoms. The molecular formula is C13H19N3O2S. The average Bonchev–Trinajstić information content (AvgIpc) is 2.90. The van der Waals surface area contributed by atoms with Crippen LogP contribution in [-0.4, -0.2) is 36.0 Å². The quantitative estimate of drug-likeness (QED) is 0.889. The van der Waals surface area contributed by atoms with Crippen LogP contribution in [0.2, 0.25) is 0 Å². The van der Waals surface area contributed by atoms with Gasteiger partial charge in [0.25, 0.3) is 0 Å². The van der Waals surface area contributed by atoms with Crippen LogP contribution in [0.15, 0.2) is 17.5 Å². The fourth-order valence-electron chi connectivity index (χ4n) is 2.17. The first kappa shape index (κ1) is 13.9. The lowest BCUT2D eigenvalue weighted by Gasteiger charge is -2.34. The molecule has 0 radical (unpaired) electrons. The van der Waals surface area contributed by atoms with Crippen LogP contribution in [0.5, 0.6) is 0 Å². The topological polar surface area (TPSA) is 61.4 Å². The molecule has 2 N–H and O–H groups in total. The number of carbonyl (C=O) groups is 2. The number of thiophene rings is 1. The van der Waals surface area contributed by atoms with E-state index in [1.165, 1.54) is 11.3 Å². The number of unbranched alkanes of at least 4 members (excludes halogenated alkanes) is 1. The number of anilines is 1. The minimum Gasteiger partial charge on any atom is -0.353 e. The van der Waals surface area contributed by atoms with Crippen molar-refractivity contribution in [3.05, 3.63) is 17.5 Å². The van der Waals surface area contributed by atoms with Gasteiger partial charge in [0.2, 0.25) is 5.91 Å². The number of rotatable bonds is 4. The second kappa shape index (κ2) is 6.56. The molecule has 2 heterocycles. The van der Waals surface area contributed by atoms with E-state index < -0.39 is 0 Å². The third-order valence-electron chi connectivity index (χ3n) is 3.17. The summed E-state index contributed by atoms with van der Waals surface area (Å²) in [5.74, 6) is -0.0407. The molecule has 5 nitrogen and oxygen atoms in total. The summed E-state index contributed by atoms with van der Waals surface area (Å²) < 4.78 is 0. The third-order valence-corrected chi connectivity index (χ3v) is 3.96. The molecule has 19 heavy (non-hydrogen) atoms. The summed E-state index contributed by atoms with van der Waals surface area (Å²) in [6.45, 7) is 3.17. The second-order valence-corrected chi connectivity index (χ2v) is 5.50. The fourth-order valence-corrected chi connectivity index (χ4v) is 2.78. The summed E-state index contributed by atoms with van der Waals surface area (Å²) >= 11 is 1.48. The minimum absolute atomic E-state index is 0.0407. The van der Waals surface area contributed by atoms with Gasteiger partial charge in [-0.05, 0) is 23.9 Å². The van der Waals surface area contributed by atoms with Gasteiger partial charge in [0.1, 0.15) is 6.04 Å². The van der Waals surface area contributed by atoms with Crippen molar-refractivity contribution in [3.63, 3.8) is 0 Å². The van der Waals surface area contributed by atoms with Crippen molar-refractivity contribution in [1.29, 1.82) is 0 Å². The SMILES string of the molecule is CCCC[C@H]1C(=O)NCCN1C(=O)Nc1cccs1. The average molecular weight is 281 g/mol. The van der Waals surface area contributed by atoms with Crippen molar-refractivity contribution in [1.82, 2.24) is 10.2 Å². The van der Waals surface area contributed by atoms with Crippen LogP contribution >= 0.6 is 11.3 Å². The molecule has 0 unspecified atom stereocenters. The van der Waals surface area contributed by atoms with Gasteiger partial charge in [0.05, 0.1) is 5.00 Å². The standard InChI is InChI=1S/C13H19N3O2S/c1-2-3-5-10-12(17)14-7-8-16(10)13(18)15-11-6-4-9-19-11/h4,6,9-10H,2-3,5,7-8H2,1H3,(H,14,17)(H,15,18)/t10-/m0/s1. The predicted octanol–water partition coefficient (Wildman–Crippen LogP) is 2.27. The van der Waals surface area contributed by atoms with E-state index >= 15 is 0 Å². The Balaban J connectivity index is 2.01. The monoisotopic (exact) mass is 281 g/mol. The second-order valence-electron chi connectivity index (χ2n) is 4.55. The fraction of sp³-hybridized carbons (Fsp3) is 0.538. The Morgan fingerprint density at radius 2 is 2.47 bits per heavy atom. The van der Waals surface area contributed by atoms with E-state index in [1.54, 1.807) is 4.90 Å². The molecule has 1 aromatic heterocycles. The van der Waals surface area contributed by atoms with Crippen molar-refractivity contribution >= 4 is 28.3 Å². The van der Waals surface area contributed by atoms with Gasteiger partial charge in [-0.3, -0.25) is 10.1 Å². The largest absolute Gasteiger partial charge is 0.353 e. The Kier molecular flexibility index (Phi) is 4.79. The zero-order chi connectivity index (χ0) is 13.7. The highest BCUT2D eigenvalue weighted by Crippen LogP contribution is 2.18. The van der Waals surface area contributed by atoms with E-state index in [1.807, 2.05) is 17.5 Å². The molecule has 2 rings (SSSR count). The highest BCUT2D eigenvalue weighted by Gasteiger charge is 2.32. The van der Waals surface area contributed by atoms with Gasteiger partial charge in [0.15, 0.2) is 0 Å². The van der Waals surface area contributed by atoms with Crippen LogP contribution in [0.25, 0.3) is 0 Å². The van der Waals surface area contributed by atoms with Gasteiger partial charge >= 0.3 is 6.03 Å². The predicted molar refractivity (Wildman–Crippen MR) is 76.4 cm³/mol. The van der Waals surface area contributed by atoms with Crippen molar-refractivity contribution in [2.24, 2.45) is 0 Å². The van der Waals surface area contributed by atoms with E-state index in [0.717, 1.165) is 24.3 Å². The third kappa shape index (κ3) is 3.47. The van der Waals surface area contributed by atoms with Crippen LogP contribution in [0.4, 0.5) is 9.80 Å². The Morgan fingerprint density at radius 3 is 3.16 bits per heavy atom. The van der Waals surface area contributed by atoms with Crippen LogP contribution in [0.1, 0.15) is 26.2 Å². The number of piperazine rings is 1. The van der Waals surface area contributed by atoms with Crippen molar-refractivity contribution < 1.29 is 9.59 Å². The van der Waals surface area contributed by atoms with Crippen molar-refractivity contribution in [2.75, 3.05) is 18.4 Å². The summed E-state index contributed by atoms with van der Waals surface area (Å²) in [7, 11) is 0. The lowest BCUT2D eigenvalue weighted by atomic mass is 10.1. The van der Waals surface area contributed by atoms with Crippen LogP contribution in [0.3, 0.4) is 0 Å². The molecule has 1 saturated heterocycles. The number of amides is 3. The van der Waals surface area contributed by atoms with E-state index in [4.69, 9.17) is 0 Å². The molecule has 0 aliphatic carbocycles. The summed E-state index contributed by atoms with van der Waals surface area (Å²) in [5, 5.41) is 8.39. The normalized spacial score (nSPS) is 19.1. The van der Waals surface area contributed by atoms with Crippen LogP contribution < -0.4 is 10.6 Å². The number of hydrogen-bond donors (Lipinski definition) is 2. The van der Waals surface area contributed by atoms with E-state index in [9.17, 15) is 9.59 Å².